The minimum absolute atomic E-state index is 0.317. The quantitative estimate of drug-likeness (QED) is 0.904. The van der Waals surface area contributed by atoms with E-state index in [1.54, 1.807) is 6.07 Å². The minimum Gasteiger partial charge on any atom is -0.334 e. The van der Waals surface area contributed by atoms with E-state index >= 15 is 0 Å². The molecule has 1 aromatic rings. The lowest BCUT2D eigenvalue weighted by Gasteiger charge is -2.34. The molecule has 0 atom stereocenters. The van der Waals surface area contributed by atoms with Gasteiger partial charge in [-0.05, 0) is 37.7 Å². The van der Waals surface area contributed by atoms with Crippen molar-refractivity contribution >= 4 is 17.5 Å². The second-order valence-corrected chi connectivity index (χ2v) is 5.59. The Hall–Kier alpha value is -1.60. The molecule has 1 aliphatic rings. The van der Waals surface area contributed by atoms with Crippen molar-refractivity contribution in [3.63, 3.8) is 0 Å². The number of aromatic nitrogens is 1. The van der Waals surface area contributed by atoms with Gasteiger partial charge < -0.3 is 5.32 Å². The van der Waals surface area contributed by atoms with Crippen molar-refractivity contribution in [2.45, 2.75) is 38.1 Å². The predicted molar refractivity (Wildman–Crippen MR) is 72.7 cm³/mol. The van der Waals surface area contributed by atoms with Crippen molar-refractivity contribution < 1.29 is 4.79 Å². The summed E-state index contributed by atoms with van der Waals surface area (Å²) in [5, 5.41) is 12.6. The van der Waals surface area contributed by atoms with E-state index in [9.17, 15) is 10.1 Å². The lowest BCUT2D eigenvalue weighted by molar-refractivity contribution is 0.0893. The molecule has 1 saturated carbocycles. The maximum absolute atomic E-state index is 12.2. The minimum atomic E-state index is -0.761. The van der Waals surface area contributed by atoms with Crippen LogP contribution in [0.25, 0.3) is 0 Å². The smallest absolute Gasteiger partial charge is 0.255 e. The van der Waals surface area contributed by atoms with E-state index in [1.807, 2.05) is 0 Å². The largest absolute Gasteiger partial charge is 0.334 e. The summed E-state index contributed by atoms with van der Waals surface area (Å²) < 4.78 is 0. The summed E-state index contributed by atoms with van der Waals surface area (Å²) in [6.45, 7) is 2.17. The third-order valence-corrected chi connectivity index (χ3v) is 4.04. The highest BCUT2D eigenvalue weighted by Crippen LogP contribution is 2.31. The Morgan fingerprint density at radius 1 is 1.58 bits per heavy atom. The Labute approximate surface area is 117 Å². The molecule has 0 spiro atoms. The van der Waals surface area contributed by atoms with Crippen LogP contribution in [0.3, 0.4) is 0 Å². The number of pyridine rings is 1. The maximum atomic E-state index is 12.2. The van der Waals surface area contributed by atoms with Crippen molar-refractivity contribution in [3.05, 3.63) is 29.0 Å². The fourth-order valence-corrected chi connectivity index (χ4v) is 2.54. The summed E-state index contributed by atoms with van der Waals surface area (Å²) >= 11 is 5.96. The molecular formula is C14H16ClN3O. The van der Waals surface area contributed by atoms with Gasteiger partial charge in [0.25, 0.3) is 5.91 Å². The Morgan fingerprint density at radius 2 is 2.26 bits per heavy atom. The summed E-state index contributed by atoms with van der Waals surface area (Å²) in [7, 11) is 0. The van der Waals surface area contributed by atoms with Crippen LogP contribution in [-0.4, -0.2) is 16.4 Å². The van der Waals surface area contributed by atoms with Gasteiger partial charge in [-0.3, -0.25) is 9.78 Å². The van der Waals surface area contributed by atoms with Gasteiger partial charge in [-0.2, -0.15) is 5.26 Å². The van der Waals surface area contributed by atoms with E-state index in [-0.39, 0.29) is 5.91 Å². The lowest BCUT2D eigenvalue weighted by atomic mass is 9.78. The van der Waals surface area contributed by atoms with Crippen molar-refractivity contribution in [2.75, 3.05) is 0 Å². The average Bonchev–Trinajstić information content (AvgIpc) is 2.42. The molecule has 0 unspecified atom stereocenters. The van der Waals surface area contributed by atoms with Gasteiger partial charge in [-0.25, -0.2) is 0 Å². The summed E-state index contributed by atoms with van der Waals surface area (Å²) in [6.07, 6.45) is 6.24. The molecule has 1 heterocycles. The average molecular weight is 278 g/mol. The fourth-order valence-electron chi connectivity index (χ4n) is 2.35. The molecule has 2 rings (SSSR count). The standard InChI is InChI=1S/C14H16ClN3O/c1-10-2-5-14(9-16,6-3-10)18-13(19)11-8-17-7-4-12(11)15/h4,7-8,10H,2-3,5-6H2,1H3,(H,18,19). The highest BCUT2D eigenvalue weighted by molar-refractivity contribution is 6.33. The van der Waals surface area contributed by atoms with Gasteiger partial charge in [-0.15, -0.1) is 0 Å². The molecule has 4 nitrogen and oxygen atoms in total. The predicted octanol–water partition coefficient (Wildman–Crippen LogP) is 2.94. The second-order valence-electron chi connectivity index (χ2n) is 5.19. The molecule has 0 saturated heterocycles. The molecule has 1 amide bonds. The molecule has 0 radical (unpaired) electrons. The summed E-state index contributed by atoms with van der Waals surface area (Å²) in [5.41, 5.74) is -0.444. The Balaban J connectivity index is 2.14. The third kappa shape index (κ3) is 3.05. The number of hydrogen-bond acceptors (Lipinski definition) is 3. The monoisotopic (exact) mass is 277 g/mol. The number of nitrogens with one attached hydrogen (secondary N) is 1. The topological polar surface area (TPSA) is 65.8 Å². The van der Waals surface area contributed by atoms with E-state index in [1.165, 1.54) is 12.4 Å². The van der Waals surface area contributed by atoms with Crippen molar-refractivity contribution in [1.82, 2.24) is 10.3 Å². The molecule has 0 bridgehead atoms. The molecule has 1 aromatic heterocycles. The van der Waals surface area contributed by atoms with Gasteiger partial charge in [0.1, 0.15) is 5.54 Å². The number of nitriles is 1. The lowest BCUT2D eigenvalue weighted by Crippen LogP contribution is -2.49. The van der Waals surface area contributed by atoms with Gasteiger partial charge >= 0.3 is 0 Å². The van der Waals surface area contributed by atoms with Crippen LogP contribution in [0.5, 0.6) is 0 Å². The second kappa shape index (κ2) is 5.58. The van der Waals surface area contributed by atoms with Gasteiger partial charge in [0.05, 0.1) is 16.7 Å². The molecule has 0 aliphatic heterocycles. The van der Waals surface area contributed by atoms with Crippen LogP contribution >= 0.6 is 11.6 Å². The Kier molecular flexibility index (Phi) is 4.06. The van der Waals surface area contributed by atoms with E-state index in [0.29, 0.717) is 29.3 Å². The molecule has 19 heavy (non-hydrogen) atoms. The zero-order chi connectivity index (χ0) is 13.9. The number of carbonyl (C=O) groups excluding carboxylic acids is 1. The molecular weight excluding hydrogens is 262 g/mol. The highest BCUT2D eigenvalue weighted by atomic mass is 35.5. The van der Waals surface area contributed by atoms with Crippen LogP contribution in [0.4, 0.5) is 0 Å². The van der Waals surface area contributed by atoms with Crippen LogP contribution in [0.15, 0.2) is 18.5 Å². The first kappa shape index (κ1) is 13.8. The zero-order valence-corrected chi connectivity index (χ0v) is 11.6. The zero-order valence-electron chi connectivity index (χ0n) is 10.8. The highest BCUT2D eigenvalue weighted by Gasteiger charge is 2.36. The van der Waals surface area contributed by atoms with Crippen LogP contribution < -0.4 is 5.32 Å². The first-order valence-electron chi connectivity index (χ1n) is 6.39. The number of halogens is 1. The normalized spacial score (nSPS) is 26.5. The van der Waals surface area contributed by atoms with Gasteiger partial charge in [0.15, 0.2) is 0 Å². The number of nitrogens with zero attached hydrogens (tertiary/aromatic N) is 2. The summed E-state index contributed by atoms with van der Waals surface area (Å²) in [4.78, 5) is 16.1. The molecule has 0 aromatic carbocycles. The van der Waals surface area contributed by atoms with Crippen molar-refractivity contribution in [1.29, 1.82) is 5.26 Å². The molecule has 1 fully saturated rings. The van der Waals surface area contributed by atoms with Gasteiger partial charge in [-0.1, -0.05) is 18.5 Å². The first-order valence-corrected chi connectivity index (χ1v) is 6.77. The number of amides is 1. The van der Waals surface area contributed by atoms with Crippen LogP contribution in [0, 0.1) is 17.2 Å². The van der Waals surface area contributed by atoms with Gasteiger partial charge in [0.2, 0.25) is 0 Å². The number of carbonyl (C=O) groups is 1. The van der Waals surface area contributed by atoms with E-state index in [2.05, 4.69) is 23.3 Å². The Morgan fingerprint density at radius 3 is 2.84 bits per heavy atom. The Bertz CT molecular complexity index is 516. The third-order valence-electron chi connectivity index (χ3n) is 3.71. The summed E-state index contributed by atoms with van der Waals surface area (Å²) in [5.74, 6) is 0.287. The molecule has 1 aliphatic carbocycles. The van der Waals surface area contributed by atoms with Gasteiger partial charge in [0, 0.05) is 12.4 Å². The fraction of sp³-hybridized carbons (Fsp3) is 0.500. The van der Waals surface area contributed by atoms with E-state index < -0.39 is 5.54 Å². The molecule has 1 N–H and O–H groups in total. The van der Waals surface area contributed by atoms with Crippen molar-refractivity contribution in [3.8, 4) is 6.07 Å². The van der Waals surface area contributed by atoms with Crippen LogP contribution in [0.1, 0.15) is 43.0 Å². The number of hydrogen-bond donors (Lipinski definition) is 1. The molecule has 5 heteroatoms. The van der Waals surface area contributed by atoms with E-state index in [0.717, 1.165) is 12.8 Å². The first-order chi connectivity index (χ1) is 9.06. The SMILES string of the molecule is CC1CCC(C#N)(NC(=O)c2cnccc2Cl)CC1. The maximum Gasteiger partial charge on any atom is 0.255 e. The van der Waals surface area contributed by atoms with Crippen LogP contribution in [-0.2, 0) is 0 Å². The van der Waals surface area contributed by atoms with E-state index in [4.69, 9.17) is 11.6 Å². The summed E-state index contributed by atoms with van der Waals surface area (Å²) in [6, 6.07) is 3.83. The van der Waals surface area contributed by atoms with Crippen LogP contribution in [0.2, 0.25) is 5.02 Å². The van der Waals surface area contributed by atoms with Crippen molar-refractivity contribution in [2.24, 2.45) is 5.92 Å². The molecule has 100 valence electrons. The number of rotatable bonds is 2.